The molecule has 0 atom stereocenters. The first kappa shape index (κ1) is 14.6. The third-order valence-corrected chi connectivity index (χ3v) is 3.10. The molecule has 106 valence electrons. The summed E-state index contributed by atoms with van der Waals surface area (Å²) in [5, 5.41) is 3.25. The van der Waals surface area contributed by atoms with Crippen molar-refractivity contribution >= 4 is 17.5 Å². The molecule has 1 aromatic heterocycles. The Morgan fingerprint density at radius 3 is 2.55 bits per heavy atom. The van der Waals surface area contributed by atoms with Gasteiger partial charge < -0.3 is 10.1 Å². The van der Waals surface area contributed by atoms with Crippen molar-refractivity contribution in [2.45, 2.75) is 26.2 Å². The van der Waals surface area contributed by atoms with Crippen LogP contribution in [0.2, 0.25) is 5.02 Å². The minimum Gasteiger partial charge on any atom is -0.437 e. The molecule has 0 bridgehead atoms. The van der Waals surface area contributed by atoms with E-state index in [9.17, 15) is 0 Å². The highest BCUT2D eigenvalue weighted by Gasteiger charge is 2.19. The smallest absolute Gasteiger partial charge is 0.243 e. The normalized spacial score (nSPS) is 11.2. The summed E-state index contributed by atoms with van der Waals surface area (Å²) in [5.41, 5.74) is 1.07. The fourth-order valence-corrected chi connectivity index (χ4v) is 1.95. The second kappa shape index (κ2) is 5.67. The molecule has 1 heterocycles. The number of aromatic nitrogens is 2. The van der Waals surface area contributed by atoms with Crippen LogP contribution in [0.15, 0.2) is 30.5 Å². The highest BCUT2D eigenvalue weighted by Crippen LogP contribution is 2.35. The van der Waals surface area contributed by atoms with Crippen LogP contribution in [0, 0.1) is 0 Å². The zero-order valence-corrected chi connectivity index (χ0v) is 12.8. The Balaban J connectivity index is 2.40. The van der Waals surface area contributed by atoms with Crippen molar-refractivity contribution in [1.29, 1.82) is 0 Å². The van der Waals surface area contributed by atoms with Crippen LogP contribution in [-0.2, 0) is 5.41 Å². The first-order valence-electron chi connectivity index (χ1n) is 6.39. The van der Waals surface area contributed by atoms with Gasteiger partial charge in [0, 0.05) is 12.6 Å². The predicted octanol–water partition coefficient (Wildman–Crippen LogP) is 4.26. The summed E-state index contributed by atoms with van der Waals surface area (Å²) < 4.78 is 5.89. The number of hydrogen-bond acceptors (Lipinski definition) is 4. The maximum atomic E-state index is 6.09. The SMILES string of the molecule is CNc1ncc(Cl)c(Oc2ccccc2C(C)(C)C)n1. The van der Waals surface area contributed by atoms with Crippen LogP contribution < -0.4 is 10.1 Å². The summed E-state index contributed by atoms with van der Waals surface area (Å²) in [6, 6.07) is 7.88. The molecule has 20 heavy (non-hydrogen) atoms. The molecule has 0 fully saturated rings. The zero-order valence-electron chi connectivity index (χ0n) is 12.1. The first-order chi connectivity index (χ1) is 9.41. The molecule has 0 saturated heterocycles. The van der Waals surface area contributed by atoms with Crippen LogP contribution >= 0.6 is 11.6 Å². The van der Waals surface area contributed by atoms with E-state index >= 15 is 0 Å². The van der Waals surface area contributed by atoms with Crippen LogP contribution in [0.1, 0.15) is 26.3 Å². The molecule has 2 rings (SSSR count). The maximum Gasteiger partial charge on any atom is 0.243 e. The van der Waals surface area contributed by atoms with Gasteiger partial charge in [-0.2, -0.15) is 4.98 Å². The van der Waals surface area contributed by atoms with Gasteiger partial charge in [-0.25, -0.2) is 4.98 Å². The highest BCUT2D eigenvalue weighted by atomic mass is 35.5. The Hall–Kier alpha value is -1.81. The molecule has 2 aromatic rings. The molecule has 1 N–H and O–H groups in total. The zero-order chi connectivity index (χ0) is 14.8. The van der Waals surface area contributed by atoms with Gasteiger partial charge in [0.15, 0.2) is 0 Å². The van der Waals surface area contributed by atoms with E-state index in [-0.39, 0.29) is 5.41 Å². The van der Waals surface area contributed by atoms with E-state index in [1.165, 1.54) is 6.20 Å². The van der Waals surface area contributed by atoms with E-state index in [2.05, 4.69) is 36.1 Å². The van der Waals surface area contributed by atoms with Crippen molar-refractivity contribution in [3.63, 3.8) is 0 Å². The molecule has 0 aliphatic carbocycles. The van der Waals surface area contributed by atoms with Crippen LogP contribution in [0.25, 0.3) is 0 Å². The first-order valence-corrected chi connectivity index (χ1v) is 6.77. The monoisotopic (exact) mass is 291 g/mol. The van der Waals surface area contributed by atoms with E-state index in [1.807, 2.05) is 24.3 Å². The molecule has 1 aromatic carbocycles. The van der Waals surface area contributed by atoms with Crippen LogP contribution in [-0.4, -0.2) is 17.0 Å². The third kappa shape index (κ3) is 3.20. The summed E-state index contributed by atoms with van der Waals surface area (Å²) in [7, 11) is 1.75. The topological polar surface area (TPSA) is 47.0 Å². The molecule has 0 saturated carbocycles. The van der Waals surface area contributed by atoms with E-state index in [0.29, 0.717) is 16.9 Å². The van der Waals surface area contributed by atoms with Crippen molar-refractivity contribution in [2.75, 3.05) is 12.4 Å². The molecule has 4 nitrogen and oxygen atoms in total. The highest BCUT2D eigenvalue weighted by molar-refractivity contribution is 6.31. The molecule has 0 unspecified atom stereocenters. The number of benzene rings is 1. The molecule has 0 spiro atoms. The van der Waals surface area contributed by atoms with Gasteiger partial charge in [-0.15, -0.1) is 0 Å². The number of para-hydroxylation sites is 1. The van der Waals surface area contributed by atoms with E-state index in [4.69, 9.17) is 16.3 Å². The quantitative estimate of drug-likeness (QED) is 0.918. The Morgan fingerprint density at radius 1 is 1.20 bits per heavy atom. The number of rotatable bonds is 3. The second-order valence-electron chi connectivity index (χ2n) is 5.44. The maximum absolute atomic E-state index is 6.09. The molecule has 0 amide bonds. The number of nitrogens with zero attached hydrogens (tertiary/aromatic N) is 2. The van der Waals surface area contributed by atoms with Gasteiger partial charge >= 0.3 is 0 Å². The molecule has 0 radical (unpaired) electrons. The Bertz CT molecular complexity index is 608. The Morgan fingerprint density at radius 2 is 1.90 bits per heavy atom. The number of ether oxygens (including phenoxy) is 1. The Labute approximate surface area is 124 Å². The van der Waals surface area contributed by atoms with E-state index in [1.54, 1.807) is 7.05 Å². The van der Waals surface area contributed by atoms with Gasteiger partial charge in [0.25, 0.3) is 0 Å². The average Bonchev–Trinajstić information content (AvgIpc) is 2.41. The van der Waals surface area contributed by atoms with Crippen LogP contribution in [0.5, 0.6) is 11.6 Å². The fourth-order valence-electron chi connectivity index (χ4n) is 1.82. The minimum atomic E-state index is -0.0259. The third-order valence-electron chi connectivity index (χ3n) is 2.84. The lowest BCUT2D eigenvalue weighted by Gasteiger charge is -2.22. The minimum absolute atomic E-state index is 0.0259. The molecular formula is C15H18ClN3O. The summed E-state index contributed by atoms with van der Waals surface area (Å²) >= 11 is 6.09. The molecule has 5 heteroatoms. The number of halogens is 1. The van der Waals surface area contributed by atoms with Crippen molar-refractivity contribution in [3.05, 3.63) is 41.0 Å². The standard InChI is InChI=1S/C15H18ClN3O/c1-15(2,3)10-7-5-6-8-12(10)20-13-11(16)9-18-14(17-4)19-13/h5-9H,1-4H3,(H,17,18,19). The Kier molecular flexibility index (Phi) is 4.14. The van der Waals surface area contributed by atoms with Gasteiger partial charge in [-0.05, 0) is 11.5 Å². The lowest BCUT2D eigenvalue weighted by Crippen LogP contribution is -2.12. The largest absolute Gasteiger partial charge is 0.437 e. The fraction of sp³-hybridized carbons (Fsp3) is 0.333. The lowest BCUT2D eigenvalue weighted by molar-refractivity contribution is 0.440. The summed E-state index contributed by atoms with van der Waals surface area (Å²) in [6.45, 7) is 6.40. The van der Waals surface area contributed by atoms with E-state index in [0.717, 1.165) is 11.3 Å². The van der Waals surface area contributed by atoms with Gasteiger partial charge in [-0.3, -0.25) is 0 Å². The van der Waals surface area contributed by atoms with E-state index < -0.39 is 0 Å². The molecular weight excluding hydrogens is 274 g/mol. The van der Waals surface area contributed by atoms with Crippen LogP contribution in [0.3, 0.4) is 0 Å². The van der Waals surface area contributed by atoms with Gasteiger partial charge in [0.1, 0.15) is 10.8 Å². The lowest BCUT2D eigenvalue weighted by atomic mass is 9.86. The second-order valence-corrected chi connectivity index (χ2v) is 5.85. The molecule has 0 aliphatic rings. The summed E-state index contributed by atoms with van der Waals surface area (Å²) in [5.74, 6) is 1.57. The summed E-state index contributed by atoms with van der Waals surface area (Å²) in [6.07, 6.45) is 1.52. The number of nitrogens with one attached hydrogen (secondary N) is 1. The summed E-state index contributed by atoms with van der Waals surface area (Å²) in [4.78, 5) is 8.27. The van der Waals surface area contributed by atoms with Crippen molar-refractivity contribution in [2.24, 2.45) is 0 Å². The number of hydrogen-bond donors (Lipinski definition) is 1. The average molecular weight is 292 g/mol. The van der Waals surface area contributed by atoms with Crippen LogP contribution in [0.4, 0.5) is 5.95 Å². The van der Waals surface area contributed by atoms with Crippen molar-refractivity contribution in [1.82, 2.24) is 9.97 Å². The predicted molar refractivity (Wildman–Crippen MR) is 81.8 cm³/mol. The van der Waals surface area contributed by atoms with Crippen molar-refractivity contribution in [3.8, 4) is 11.6 Å². The van der Waals surface area contributed by atoms with Gasteiger partial charge in [0.2, 0.25) is 11.8 Å². The molecule has 0 aliphatic heterocycles. The number of anilines is 1. The van der Waals surface area contributed by atoms with Crippen molar-refractivity contribution < 1.29 is 4.74 Å². The van der Waals surface area contributed by atoms with Gasteiger partial charge in [0.05, 0.1) is 6.20 Å². The van der Waals surface area contributed by atoms with Gasteiger partial charge in [-0.1, -0.05) is 50.6 Å².